The molecule has 0 amide bonds. The van der Waals surface area contributed by atoms with Crippen molar-refractivity contribution in [2.45, 2.75) is 95.2 Å². The first-order valence-corrected chi connectivity index (χ1v) is 15.3. The minimum absolute atomic E-state index is 0.0448. The van der Waals surface area contributed by atoms with Gasteiger partial charge in [0.15, 0.2) is 17.0 Å². The van der Waals surface area contributed by atoms with Crippen LogP contribution in [0.4, 0.5) is 17.5 Å². The van der Waals surface area contributed by atoms with E-state index in [2.05, 4.69) is 53.7 Å². The summed E-state index contributed by atoms with van der Waals surface area (Å²) in [6.07, 6.45) is 11.8. The Kier molecular flexibility index (Phi) is 11.3. The largest absolute Gasteiger partial charge is 0.469 e. The second-order valence-electron chi connectivity index (χ2n) is 10.1. The van der Waals surface area contributed by atoms with E-state index in [0.717, 1.165) is 92.8 Å². The quantitative estimate of drug-likeness (QED) is 0.116. The molecule has 1 fully saturated rings. The highest BCUT2D eigenvalue weighted by Gasteiger charge is 2.22. The fourth-order valence-corrected chi connectivity index (χ4v) is 5.66. The number of nitrogens with one attached hydrogen (secondary N) is 2. The van der Waals surface area contributed by atoms with E-state index in [-0.39, 0.29) is 18.2 Å². The number of ether oxygens (including phenoxy) is 2. The first kappa shape index (κ1) is 29.1. The standard InChI is InChI=1S/C29H42N6O3S/c1-4-11-21(2)31-27-26-28(35(20-30-26)24-12-8-9-18-38-24)34-29(33-27)32-22-14-16-23(17-15-22)39-19-10-6-5-7-13-25(36)37-3/h14-17,20-21,24H,4-13,18-19H2,1-3H3,(H2,31,32,33,34). The Morgan fingerprint density at radius 3 is 2.74 bits per heavy atom. The number of hydrogen-bond donors (Lipinski definition) is 2. The molecule has 212 valence electrons. The zero-order chi connectivity index (χ0) is 27.5. The van der Waals surface area contributed by atoms with E-state index in [9.17, 15) is 4.79 Å². The second-order valence-corrected chi connectivity index (χ2v) is 11.3. The fraction of sp³-hybridized carbons (Fsp3) is 0.586. The Labute approximate surface area is 235 Å². The van der Waals surface area contributed by atoms with E-state index in [0.29, 0.717) is 12.4 Å². The summed E-state index contributed by atoms with van der Waals surface area (Å²) < 4.78 is 12.8. The second kappa shape index (κ2) is 15.1. The number of hydrogen-bond acceptors (Lipinski definition) is 9. The maximum absolute atomic E-state index is 11.2. The molecule has 10 heteroatoms. The average molecular weight is 555 g/mol. The summed E-state index contributed by atoms with van der Waals surface area (Å²) in [5.41, 5.74) is 2.49. The van der Waals surface area contributed by atoms with Crippen LogP contribution >= 0.6 is 11.8 Å². The van der Waals surface area contributed by atoms with Gasteiger partial charge in [0.2, 0.25) is 5.95 Å². The summed E-state index contributed by atoms with van der Waals surface area (Å²) in [4.78, 5) is 26.8. The molecule has 3 heterocycles. The molecule has 1 saturated heterocycles. The van der Waals surface area contributed by atoms with Crippen LogP contribution in [0.5, 0.6) is 0 Å². The summed E-state index contributed by atoms with van der Waals surface area (Å²) in [5.74, 6) is 2.23. The van der Waals surface area contributed by atoms with Crippen molar-refractivity contribution in [2.75, 3.05) is 30.1 Å². The van der Waals surface area contributed by atoms with Crippen LogP contribution < -0.4 is 10.6 Å². The number of methoxy groups -OCH3 is 1. The van der Waals surface area contributed by atoms with Crippen molar-refractivity contribution in [3.05, 3.63) is 30.6 Å². The molecule has 39 heavy (non-hydrogen) atoms. The van der Waals surface area contributed by atoms with Gasteiger partial charge in [-0.25, -0.2) is 4.98 Å². The maximum Gasteiger partial charge on any atom is 0.305 e. The molecule has 9 nitrogen and oxygen atoms in total. The van der Waals surface area contributed by atoms with Crippen LogP contribution in [0.2, 0.25) is 0 Å². The molecule has 4 rings (SSSR count). The van der Waals surface area contributed by atoms with Gasteiger partial charge in [0, 0.05) is 29.7 Å². The lowest BCUT2D eigenvalue weighted by Crippen LogP contribution is -2.19. The van der Waals surface area contributed by atoms with Crippen molar-refractivity contribution in [1.82, 2.24) is 19.5 Å². The summed E-state index contributed by atoms with van der Waals surface area (Å²) in [5, 5.41) is 6.96. The molecule has 2 unspecified atom stereocenters. The number of thioether (sulfide) groups is 1. The summed E-state index contributed by atoms with van der Waals surface area (Å²) in [6.45, 7) is 5.12. The highest BCUT2D eigenvalue weighted by Crippen LogP contribution is 2.30. The van der Waals surface area contributed by atoms with Crippen LogP contribution in [0.25, 0.3) is 11.2 Å². The lowest BCUT2D eigenvalue weighted by Gasteiger charge is -2.24. The first-order chi connectivity index (χ1) is 19.1. The van der Waals surface area contributed by atoms with Crippen molar-refractivity contribution in [3.8, 4) is 0 Å². The van der Waals surface area contributed by atoms with Crippen LogP contribution in [-0.2, 0) is 14.3 Å². The van der Waals surface area contributed by atoms with Gasteiger partial charge in [0.25, 0.3) is 0 Å². The Morgan fingerprint density at radius 2 is 2.00 bits per heavy atom. The number of aromatic nitrogens is 4. The minimum atomic E-state index is -0.120. The number of unbranched alkanes of at least 4 members (excludes halogenated alkanes) is 3. The number of carbonyl (C=O) groups excluding carboxylic acids is 1. The number of imidazole rings is 1. The molecule has 1 aliphatic heterocycles. The number of benzene rings is 1. The molecule has 1 aromatic carbocycles. The molecule has 0 saturated carbocycles. The predicted octanol–water partition coefficient (Wildman–Crippen LogP) is 7.09. The van der Waals surface area contributed by atoms with Crippen molar-refractivity contribution in [2.24, 2.45) is 0 Å². The average Bonchev–Trinajstić information content (AvgIpc) is 3.38. The van der Waals surface area contributed by atoms with Gasteiger partial charge in [0.1, 0.15) is 6.23 Å². The highest BCUT2D eigenvalue weighted by molar-refractivity contribution is 7.99. The van der Waals surface area contributed by atoms with Crippen molar-refractivity contribution < 1.29 is 14.3 Å². The molecule has 2 N–H and O–H groups in total. The van der Waals surface area contributed by atoms with Crippen LogP contribution in [0.15, 0.2) is 35.5 Å². The molecule has 0 radical (unpaired) electrons. The number of rotatable bonds is 15. The minimum Gasteiger partial charge on any atom is -0.469 e. The van der Waals surface area contributed by atoms with Crippen LogP contribution in [0.3, 0.4) is 0 Å². The molecule has 0 spiro atoms. The van der Waals surface area contributed by atoms with Crippen LogP contribution in [0.1, 0.15) is 84.3 Å². The van der Waals surface area contributed by atoms with E-state index in [4.69, 9.17) is 19.4 Å². The van der Waals surface area contributed by atoms with E-state index in [1.807, 2.05) is 22.7 Å². The zero-order valence-corrected chi connectivity index (χ0v) is 24.3. The van der Waals surface area contributed by atoms with E-state index in [1.165, 1.54) is 12.0 Å². The number of nitrogens with zero attached hydrogens (tertiary/aromatic N) is 4. The molecule has 1 aliphatic rings. The SMILES string of the molecule is CCCC(C)Nc1nc(Nc2ccc(SCCCCCCC(=O)OC)cc2)nc2c1ncn2C1CCCCO1. The molecule has 0 bridgehead atoms. The number of fused-ring (bicyclic) bond motifs is 1. The predicted molar refractivity (Wildman–Crippen MR) is 158 cm³/mol. The number of carbonyl (C=O) groups is 1. The van der Waals surface area contributed by atoms with Crippen molar-refractivity contribution >= 4 is 46.3 Å². The van der Waals surface area contributed by atoms with Gasteiger partial charge in [-0.15, -0.1) is 11.8 Å². The van der Waals surface area contributed by atoms with Gasteiger partial charge in [-0.3, -0.25) is 9.36 Å². The lowest BCUT2D eigenvalue weighted by molar-refractivity contribution is -0.140. The molecular formula is C29H42N6O3S. The Bertz CT molecular complexity index is 1180. The van der Waals surface area contributed by atoms with Gasteiger partial charge in [-0.1, -0.05) is 26.2 Å². The van der Waals surface area contributed by atoms with Gasteiger partial charge in [-0.05, 0) is 75.5 Å². The monoisotopic (exact) mass is 554 g/mol. The number of esters is 1. The number of anilines is 3. The van der Waals surface area contributed by atoms with Gasteiger partial charge in [-0.2, -0.15) is 9.97 Å². The Hall–Kier alpha value is -2.85. The van der Waals surface area contributed by atoms with Crippen molar-refractivity contribution in [3.63, 3.8) is 0 Å². The molecule has 2 aromatic heterocycles. The molecule has 0 aliphatic carbocycles. The summed E-state index contributed by atoms with van der Waals surface area (Å²) in [7, 11) is 1.44. The van der Waals surface area contributed by atoms with Crippen LogP contribution in [-0.4, -0.2) is 51.0 Å². The fourth-order valence-electron chi connectivity index (χ4n) is 4.75. The Balaban J connectivity index is 1.39. The third-order valence-corrected chi connectivity index (χ3v) is 7.97. The third kappa shape index (κ3) is 8.57. The summed E-state index contributed by atoms with van der Waals surface area (Å²) in [6, 6.07) is 8.68. The highest BCUT2D eigenvalue weighted by atomic mass is 32.2. The van der Waals surface area contributed by atoms with Gasteiger partial charge in [0.05, 0.1) is 13.4 Å². The molecule has 2 atom stereocenters. The topological polar surface area (TPSA) is 103 Å². The van der Waals surface area contributed by atoms with Gasteiger partial charge < -0.3 is 20.1 Å². The van der Waals surface area contributed by atoms with Gasteiger partial charge >= 0.3 is 5.97 Å². The maximum atomic E-state index is 11.2. The van der Waals surface area contributed by atoms with E-state index in [1.54, 1.807) is 0 Å². The smallest absolute Gasteiger partial charge is 0.305 e. The normalized spacial score (nSPS) is 16.2. The third-order valence-electron chi connectivity index (χ3n) is 6.87. The van der Waals surface area contributed by atoms with Crippen LogP contribution in [0, 0.1) is 0 Å². The Morgan fingerprint density at radius 1 is 1.18 bits per heavy atom. The van der Waals surface area contributed by atoms with Crippen molar-refractivity contribution in [1.29, 1.82) is 0 Å². The van der Waals surface area contributed by atoms with E-state index < -0.39 is 0 Å². The zero-order valence-electron chi connectivity index (χ0n) is 23.4. The lowest BCUT2D eigenvalue weighted by atomic mass is 10.1. The molecular weight excluding hydrogens is 512 g/mol. The summed E-state index contributed by atoms with van der Waals surface area (Å²) >= 11 is 1.85. The van der Waals surface area contributed by atoms with E-state index >= 15 is 0 Å². The first-order valence-electron chi connectivity index (χ1n) is 14.3. The molecule has 3 aromatic rings.